The number of imidazole rings is 1. The lowest BCUT2D eigenvalue weighted by atomic mass is 10.1. The standard InChI is InChI=1S/C16H28N5O13P3S/c1-2-3-4-5-6-38-16-20-10-13(17)18-8-19-14(10)21(16)15-12(23)11(22)9(32-15)7-31-36(27,28)34-37(29,30)33-35(24,25)26/h8-9,11-12,15,22-23H,2-7H2,1H3,(H,27,28)(H,29,30)(H2,17,18,19)(H2,24,25,26)/t9-,11-,12-,15-/m1/s1. The summed E-state index contributed by atoms with van der Waals surface area (Å²) in [6.45, 7) is 1.13. The van der Waals surface area contributed by atoms with Gasteiger partial charge in [0.15, 0.2) is 28.4 Å². The molecule has 6 atom stereocenters. The second-order valence-corrected chi connectivity index (χ2v) is 13.5. The molecule has 2 aromatic heterocycles. The van der Waals surface area contributed by atoms with Gasteiger partial charge in [-0.05, 0) is 6.42 Å². The quantitative estimate of drug-likeness (QED) is 0.0879. The number of aromatic nitrogens is 4. The largest absolute Gasteiger partial charge is 0.490 e. The molecule has 0 bridgehead atoms. The number of unbranched alkanes of at least 4 members (excludes halogenated alkanes) is 3. The minimum absolute atomic E-state index is 0.0684. The Labute approximate surface area is 220 Å². The third kappa shape index (κ3) is 8.25. The van der Waals surface area contributed by atoms with E-state index in [1.54, 1.807) is 0 Å². The summed E-state index contributed by atoms with van der Waals surface area (Å²) in [5.74, 6) is 0.733. The van der Waals surface area contributed by atoms with Gasteiger partial charge in [0.1, 0.15) is 24.6 Å². The number of hydrogen-bond acceptors (Lipinski definition) is 14. The third-order valence-electron chi connectivity index (χ3n) is 5.11. The molecule has 216 valence electrons. The zero-order chi connectivity index (χ0) is 28.3. The molecule has 0 spiro atoms. The van der Waals surface area contributed by atoms with E-state index in [0.717, 1.165) is 25.7 Å². The summed E-state index contributed by atoms with van der Waals surface area (Å²) in [5.41, 5.74) is 6.34. The van der Waals surface area contributed by atoms with Gasteiger partial charge in [0, 0.05) is 5.75 Å². The summed E-state index contributed by atoms with van der Waals surface area (Å²) in [4.78, 5) is 48.6. The molecule has 0 aromatic carbocycles. The van der Waals surface area contributed by atoms with Crippen LogP contribution in [0.4, 0.5) is 5.82 Å². The number of ether oxygens (including phenoxy) is 1. The van der Waals surface area contributed by atoms with E-state index in [0.29, 0.717) is 10.9 Å². The molecule has 18 nitrogen and oxygen atoms in total. The fourth-order valence-electron chi connectivity index (χ4n) is 3.48. The van der Waals surface area contributed by atoms with Gasteiger partial charge in [0.25, 0.3) is 0 Å². The highest BCUT2D eigenvalue weighted by atomic mass is 32.2. The molecule has 1 aliphatic rings. The van der Waals surface area contributed by atoms with E-state index in [1.807, 2.05) is 0 Å². The number of phosphoric acid groups is 3. The van der Waals surface area contributed by atoms with E-state index < -0.39 is 54.6 Å². The van der Waals surface area contributed by atoms with Gasteiger partial charge in [0.05, 0.1) is 6.61 Å². The average Bonchev–Trinajstić information content (AvgIpc) is 3.28. The number of thioether (sulfide) groups is 1. The average molecular weight is 623 g/mol. The maximum absolute atomic E-state index is 12.0. The minimum atomic E-state index is -5.73. The fourth-order valence-corrected chi connectivity index (χ4v) is 7.53. The van der Waals surface area contributed by atoms with Crippen molar-refractivity contribution in [3.05, 3.63) is 6.33 Å². The van der Waals surface area contributed by atoms with E-state index in [1.165, 1.54) is 22.7 Å². The fraction of sp³-hybridized carbons (Fsp3) is 0.688. The lowest BCUT2D eigenvalue weighted by molar-refractivity contribution is -0.0540. The van der Waals surface area contributed by atoms with Crippen LogP contribution in [-0.4, -0.2) is 80.0 Å². The molecular formula is C16H28N5O13P3S. The van der Waals surface area contributed by atoms with Gasteiger partial charge in [-0.2, -0.15) is 8.62 Å². The van der Waals surface area contributed by atoms with Crippen molar-refractivity contribution in [2.45, 2.75) is 62.3 Å². The van der Waals surface area contributed by atoms with Crippen LogP contribution < -0.4 is 5.73 Å². The number of nitrogens with zero attached hydrogens (tertiary/aromatic N) is 4. The van der Waals surface area contributed by atoms with Crippen molar-refractivity contribution < 1.29 is 61.4 Å². The summed E-state index contributed by atoms with van der Waals surface area (Å²) in [7, 11) is -16.8. The van der Waals surface area contributed by atoms with Crippen LogP contribution in [0.3, 0.4) is 0 Å². The van der Waals surface area contributed by atoms with Crippen molar-refractivity contribution in [1.29, 1.82) is 0 Å². The van der Waals surface area contributed by atoms with Crippen molar-refractivity contribution >= 4 is 52.2 Å². The predicted octanol–water partition coefficient (Wildman–Crippen LogP) is 1.04. The molecule has 2 unspecified atom stereocenters. The number of phosphoric ester groups is 1. The van der Waals surface area contributed by atoms with Gasteiger partial charge in [0.2, 0.25) is 0 Å². The zero-order valence-electron chi connectivity index (χ0n) is 19.8. The maximum Gasteiger partial charge on any atom is 0.490 e. The number of anilines is 1. The number of aliphatic hydroxyl groups excluding tert-OH is 2. The summed E-state index contributed by atoms with van der Waals surface area (Å²) in [6, 6.07) is 0. The van der Waals surface area contributed by atoms with Crippen LogP contribution in [0, 0.1) is 0 Å². The van der Waals surface area contributed by atoms with E-state index >= 15 is 0 Å². The first-order chi connectivity index (χ1) is 17.6. The van der Waals surface area contributed by atoms with E-state index in [9.17, 15) is 33.7 Å². The smallest absolute Gasteiger partial charge is 0.387 e. The molecule has 1 fully saturated rings. The first kappa shape index (κ1) is 31.5. The second-order valence-electron chi connectivity index (χ2n) is 8.04. The summed E-state index contributed by atoms with van der Waals surface area (Å²) < 4.78 is 53.2. The molecule has 2 aromatic rings. The molecule has 0 amide bonds. The Hall–Kier alpha value is -1.01. The zero-order valence-corrected chi connectivity index (χ0v) is 23.3. The number of hydrogen-bond donors (Lipinski definition) is 7. The van der Waals surface area contributed by atoms with Gasteiger partial charge in [-0.3, -0.25) is 9.09 Å². The number of rotatable bonds is 14. The van der Waals surface area contributed by atoms with Crippen molar-refractivity contribution in [1.82, 2.24) is 19.5 Å². The highest BCUT2D eigenvalue weighted by Crippen LogP contribution is 2.66. The third-order valence-corrected chi connectivity index (χ3v) is 9.95. The molecule has 1 saturated heterocycles. The summed E-state index contributed by atoms with van der Waals surface area (Å²) >= 11 is 1.34. The normalized spacial score (nSPS) is 25.4. The Balaban J connectivity index is 1.76. The molecule has 8 N–H and O–H groups in total. The van der Waals surface area contributed by atoms with E-state index in [2.05, 4.69) is 35.0 Å². The van der Waals surface area contributed by atoms with Crippen molar-refractivity contribution in [3.63, 3.8) is 0 Å². The lowest BCUT2D eigenvalue weighted by Gasteiger charge is -2.19. The molecular weight excluding hydrogens is 595 g/mol. The summed E-state index contributed by atoms with van der Waals surface area (Å²) in [6.07, 6.45) is -0.922. The molecule has 0 saturated carbocycles. The van der Waals surface area contributed by atoms with Gasteiger partial charge < -0.3 is 40.3 Å². The highest BCUT2D eigenvalue weighted by Gasteiger charge is 2.47. The molecule has 3 rings (SSSR count). The van der Waals surface area contributed by atoms with Gasteiger partial charge in [-0.25, -0.2) is 28.6 Å². The molecule has 3 heterocycles. The van der Waals surface area contributed by atoms with E-state index in [-0.39, 0.29) is 17.0 Å². The predicted molar refractivity (Wildman–Crippen MR) is 130 cm³/mol. The molecule has 1 aliphatic heterocycles. The number of fused-ring (bicyclic) bond motifs is 1. The van der Waals surface area contributed by atoms with Crippen LogP contribution in [0.1, 0.15) is 38.8 Å². The maximum atomic E-state index is 12.0. The van der Waals surface area contributed by atoms with Crippen LogP contribution in [-0.2, 0) is 31.6 Å². The van der Waals surface area contributed by atoms with Crippen LogP contribution >= 0.6 is 35.2 Å². The van der Waals surface area contributed by atoms with Crippen molar-refractivity contribution in [3.8, 4) is 0 Å². The minimum Gasteiger partial charge on any atom is -0.387 e. The first-order valence-electron chi connectivity index (χ1n) is 11.1. The number of nitrogen functional groups attached to an aromatic ring is 1. The summed E-state index contributed by atoms with van der Waals surface area (Å²) in [5, 5.41) is 21.6. The topological polar surface area (TPSA) is 279 Å². The van der Waals surface area contributed by atoms with Crippen molar-refractivity contribution in [2.24, 2.45) is 0 Å². The molecule has 0 radical (unpaired) electrons. The molecule has 38 heavy (non-hydrogen) atoms. The van der Waals surface area contributed by atoms with Crippen LogP contribution in [0.5, 0.6) is 0 Å². The number of aliphatic hydroxyl groups is 2. The Morgan fingerprint density at radius 2 is 1.76 bits per heavy atom. The van der Waals surface area contributed by atoms with Crippen LogP contribution in [0.25, 0.3) is 11.2 Å². The molecule has 0 aliphatic carbocycles. The lowest BCUT2D eigenvalue weighted by Crippen LogP contribution is -2.33. The molecule has 22 heteroatoms. The van der Waals surface area contributed by atoms with Crippen LogP contribution in [0.2, 0.25) is 0 Å². The monoisotopic (exact) mass is 623 g/mol. The Kier molecular flexibility index (Phi) is 10.5. The van der Waals surface area contributed by atoms with Crippen molar-refractivity contribution in [2.75, 3.05) is 18.1 Å². The Bertz CT molecular complexity index is 1260. The van der Waals surface area contributed by atoms with Gasteiger partial charge in [-0.15, -0.1) is 0 Å². The Morgan fingerprint density at radius 1 is 1.05 bits per heavy atom. The van der Waals surface area contributed by atoms with E-state index in [4.69, 9.17) is 20.3 Å². The first-order valence-corrected chi connectivity index (χ1v) is 16.6. The second kappa shape index (κ2) is 12.7. The SMILES string of the molecule is CCCCCCSc1nc2c(N)ncnc2n1[C@@H]1O[C@H](COP(=O)(O)OP(=O)(O)OP(=O)(O)O)[C@@H](O)[C@H]1O. The van der Waals surface area contributed by atoms with Gasteiger partial charge in [-0.1, -0.05) is 37.9 Å². The van der Waals surface area contributed by atoms with Gasteiger partial charge >= 0.3 is 23.5 Å². The highest BCUT2D eigenvalue weighted by molar-refractivity contribution is 7.99. The number of nitrogens with two attached hydrogens (primary N) is 1. The Morgan fingerprint density at radius 3 is 2.42 bits per heavy atom. The van der Waals surface area contributed by atoms with Crippen LogP contribution in [0.15, 0.2) is 11.5 Å².